The Balaban J connectivity index is 2.28. The number of aromatic nitrogens is 1. The van der Waals surface area contributed by atoms with Crippen molar-refractivity contribution in [2.45, 2.75) is 12.5 Å². The summed E-state index contributed by atoms with van der Waals surface area (Å²) >= 11 is 0. The van der Waals surface area contributed by atoms with E-state index in [4.69, 9.17) is 10.5 Å². The van der Waals surface area contributed by atoms with E-state index in [1.807, 2.05) is 12.1 Å². The van der Waals surface area contributed by atoms with Gasteiger partial charge in [0.15, 0.2) is 0 Å². The molecule has 1 atom stereocenters. The minimum absolute atomic E-state index is 0.149. The Kier molecular flexibility index (Phi) is 1.51. The van der Waals surface area contributed by atoms with Crippen molar-refractivity contribution >= 4 is 5.69 Å². The van der Waals surface area contributed by atoms with Gasteiger partial charge in [-0.15, -0.1) is 0 Å². The number of ether oxygens (including phenoxy) is 1. The van der Waals surface area contributed by atoms with Gasteiger partial charge in [0.25, 0.3) is 0 Å². The fraction of sp³-hybridized carbons (Fsp3) is 0.375. The van der Waals surface area contributed by atoms with Crippen LogP contribution in [0.1, 0.15) is 18.2 Å². The molecule has 1 aromatic heterocycles. The first kappa shape index (κ1) is 6.61. The topological polar surface area (TPSA) is 48.1 Å². The minimum Gasteiger partial charge on any atom is -0.397 e. The molecule has 0 aromatic carbocycles. The molecule has 1 unspecified atom stereocenters. The zero-order valence-electron chi connectivity index (χ0n) is 6.16. The van der Waals surface area contributed by atoms with Crippen LogP contribution in [0.4, 0.5) is 5.69 Å². The molecule has 1 aromatic rings. The summed E-state index contributed by atoms with van der Waals surface area (Å²) in [6.45, 7) is 0.834. The summed E-state index contributed by atoms with van der Waals surface area (Å²) in [4.78, 5) is 4.15. The van der Waals surface area contributed by atoms with Crippen LogP contribution in [-0.2, 0) is 4.74 Å². The van der Waals surface area contributed by atoms with E-state index in [1.165, 1.54) is 0 Å². The normalized spacial score (nSPS) is 22.7. The second-order valence-corrected chi connectivity index (χ2v) is 2.63. The van der Waals surface area contributed by atoms with Crippen molar-refractivity contribution in [3.63, 3.8) is 0 Å². The van der Waals surface area contributed by atoms with E-state index in [9.17, 15) is 0 Å². The minimum atomic E-state index is 0.149. The predicted molar refractivity (Wildman–Crippen MR) is 42.0 cm³/mol. The van der Waals surface area contributed by atoms with Crippen molar-refractivity contribution in [3.8, 4) is 0 Å². The highest BCUT2D eigenvalue weighted by atomic mass is 16.5. The fourth-order valence-electron chi connectivity index (χ4n) is 1.15. The van der Waals surface area contributed by atoms with Crippen molar-refractivity contribution in [1.82, 2.24) is 4.98 Å². The van der Waals surface area contributed by atoms with Gasteiger partial charge in [-0.2, -0.15) is 0 Å². The number of nitrogens with zero attached hydrogens (tertiary/aromatic N) is 1. The second-order valence-electron chi connectivity index (χ2n) is 2.63. The molecule has 0 radical (unpaired) electrons. The molecule has 0 aliphatic carbocycles. The molecular weight excluding hydrogens is 140 g/mol. The van der Waals surface area contributed by atoms with Crippen LogP contribution >= 0.6 is 0 Å². The molecule has 0 bridgehead atoms. The third-order valence-corrected chi connectivity index (χ3v) is 1.88. The Morgan fingerprint density at radius 1 is 1.64 bits per heavy atom. The molecule has 1 aliphatic rings. The maximum absolute atomic E-state index is 5.69. The molecule has 58 valence electrons. The Bertz CT molecular complexity index is 258. The zero-order valence-corrected chi connectivity index (χ0v) is 6.16. The molecule has 0 spiro atoms. The number of anilines is 1. The van der Waals surface area contributed by atoms with E-state index < -0.39 is 0 Å². The molecule has 3 heteroatoms. The second kappa shape index (κ2) is 2.51. The van der Waals surface area contributed by atoms with Crippen LogP contribution in [0.25, 0.3) is 0 Å². The first-order valence-electron chi connectivity index (χ1n) is 3.70. The number of hydrogen-bond donors (Lipinski definition) is 1. The Hall–Kier alpha value is -1.09. The smallest absolute Gasteiger partial charge is 0.104 e. The van der Waals surface area contributed by atoms with Gasteiger partial charge >= 0.3 is 0 Å². The molecule has 2 heterocycles. The quantitative estimate of drug-likeness (QED) is 0.652. The van der Waals surface area contributed by atoms with Crippen LogP contribution in [-0.4, -0.2) is 11.6 Å². The largest absolute Gasteiger partial charge is 0.397 e. The lowest BCUT2D eigenvalue weighted by Crippen LogP contribution is -2.20. The summed E-state index contributed by atoms with van der Waals surface area (Å²) in [6, 6.07) is 3.68. The lowest BCUT2D eigenvalue weighted by Gasteiger charge is -2.26. The van der Waals surface area contributed by atoms with Gasteiger partial charge in [0.2, 0.25) is 0 Å². The van der Waals surface area contributed by atoms with Crippen LogP contribution in [0.5, 0.6) is 0 Å². The first-order valence-corrected chi connectivity index (χ1v) is 3.70. The van der Waals surface area contributed by atoms with E-state index in [-0.39, 0.29) is 6.10 Å². The van der Waals surface area contributed by atoms with Gasteiger partial charge < -0.3 is 10.5 Å². The average Bonchev–Trinajstić information content (AvgIpc) is 1.90. The van der Waals surface area contributed by atoms with Crippen LogP contribution in [0, 0.1) is 0 Å². The van der Waals surface area contributed by atoms with Gasteiger partial charge in [0.1, 0.15) is 6.10 Å². The number of nitrogens with two attached hydrogens (primary N) is 1. The maximum Gasteiger partial charge on any atom is 0.104 e. The average molecular weight is 150 g/mol. The van der Waals surface area contributed by atoms with E-state index in [0.717, 1.165) is 24.4 Å². The van der Waals surface area contributed by atoms with Gasteiger partial charge in [-0.25, -0.2) is 0 Å². The van der Waals surface area contributed by atoms with Crippen molar-refractivity contribution < 1.29 is 4.74 Å². The standard InChI is InChI=1S/C8H10N2O/c9-6-2-1-4-10-8(6)7-3-5-11-7/h1-2,4,7H,3,5,9H2. The SMILES string of the molecule is Nc1cccnc1C1CCO1. The van der Waals surface area contributed by atoms with Crippen molar-refractivity contribution in [3.05, 3.63) is 24.0 Å². The molecule has 2 N–H and O–H groups in total. The van der Waals surface area contributed by atoms with Gasteiger partial charge in [0, 0.05) is 12.6 Å². The molecular formula is C8H10N2O. The highest BCUT2D eigenvalue weighted by Gasteiger charge is 2.23. The Morgan fingerprint density at radius 2 is 2.45 bits per heavy atom. The molecule has 0 saturated carbocycles. The highest BCUT2D eigenvalue weighted by Crippen LogP contribution is 2.30. The van der Waals surface area contributed by atoms with Crippen LogP contribution in [0.2, 0.25) is 0 Å². The van der Waals surface area contributed by atoms with Gasteiger partial charge in [0.05, 0.1) is 18.0 Å². The first-order chi connectivity index (χ1) is 5.38. The number of hydrogen-bond acceptors (Lipinski definition) is 3. The summed E-state index contributed by atoms with van der Waals surface area (Å²) in [7, 11) is 0. The summed E-state index contributed by atoms with van der Waals surface area (Å²) in [5.74, 6) is 0. The fourth-order valence-corrected chi connectivity index (χ4v) is 1.15. The lowest BCUT2D eigenvalue weighted by molar-refractivity contribution is -0.0547. The van der Waals surface area contributed by atoms with Gasteiger partial charge in [-0.3, -0.25) is 4.98 Å². The summed E-state index contributed by atoms with van der Waals surface area (Å²) in [6.07, 6.45) is 2.94. The zero-order chi connectivity index (χ0) is 7.68. The van der Waals surface area contributed by atoms with Crippen molar-refractivity contribution in [2.24, 2.45) is 0 Å². The monoisotopic (exact) mass is 150 g/mol. The summed E-state index contributed by atoms with van der Waals surface area (Å²) < 4.78 is 5.26. The number of nitrogen functional groups attached to an aromatic ring is 1. The van der Waals surface area contributed by atoms with E-state index >= 15 is 0 Å². The molecule has 1 aliphatic heterocycles. The molecule has 11 heavy (non-hydrogen) atoms. The predicted octanol–water partition coefficient (Wildman–Crippen LogP) is 1.13. The van der Waals surface area contributed by atoms with Crippen LogP contribution in [0.15, 0.2) is 18.3 Å². The van der Waals surface area contributed by atoms with E-state index in [2.05, 4.69) is 4.98 Å². The molecule has 1 fully saturated rings. The maximum atomic E-state index is 5.69. The number of rotatable bonds is 1. The third kappa shape index (κ3) is 1.07. The summed E-state index contributed by atoms with van der Waals surface area (Å²) in [5, 5.41) is 0. The Morgan fingerprint density at radius 3 is 3.00 bits per heavy atom. The number of pyridine rings is 1. The highest BCUT2D eigenvalue weighted by molar-refractivity contribution is 5.43. The molecule has 2 rings (SSSR count). The lowest BCUT2D eigenvalue weighted by atomic mass is 10.1. The third-order valence-electron chi connectivity index (χ3n) is 1.88. The summed E-state index contributed by atoms with van der Waals surface area (Å²) in [5.41, 5.74) is 7.31. The van der Waals surface area contributed by atoms with Crippen LogP contribution < -0.4 is 5.73 Å². The molecule has 1 saturated heterocycles. The van der Waals surface area contributed by atoms with Crippen molar-refractivity contribution in [2.75, 3.05) is 12.3 Å². The van der Waals surface area contributed by atoms with E-state index in [1.54, 1.807) is 6.20 Å². The molecule has 3 nitrogen and oxygen atoms in total. The van der Waals surface area contributed by atoms with Crippen molar-refractivity contribution in [1.29, 1.82) is 0 Å². The van der Waals surface area contributed by atoms with E-state index in [0.29, 0.717) is 0 Å². The Labute approximate surface area is 65.2 Å². The van der Waals surface area contributed by atoms with Crippen LogP contribution in [0.3, 0.4) is 0 Å². The molecule has 0 amide bonds. The van der Waals surface area contributed by atoms with Gasteiger partial charge in [-0.05, 0) is 12.1 Å². The van der Waals surface area contributed by atoms with Gasteiger partial charge in [-0.1, -0.05) is 0 Å².